The second-order valence-electron chi connectivity index (χ2n) is 9.34. The van der Waals surface area contributed by atoms with Gasteiger partial charge in [-0.2, -0.15) is 5.10 Å². The Morgan fingerprint density at radius 1 is 0.833 bits per heavy atom. The van der Waals surface area contributed by atoms with Crippen LogP contribution in [0.15, 0.2) is 97.1 Å². The van der Waals surface area contributed by atoms with Gasteiger partial charge in [0.2, 0.25) is 5.91 Å². The maximum absolute atomic E-state index is 12.7. The van der Waals surface area contributed by atoms with Gasteiger partial charge < -0.3 is 5.32 Å². The van der Waals surface area contributed by atoms with Crippen molar-refractivity contribution in [3.63, 3.8) is 0 Å². The first-order valence-electron chi connectivity index (χ1n) is 12.6. The third kappa shape index (κ3) is 5.73. The van der Waals surface area contributed by atoms with Gasteiger partial charge in [0.15, 0.2) is 0 Å². The summed E-state index contributed by atoms with van der Waals surface area (Å²) in [7, 11) is 0. The van der Waals surface area contributed by atoms with Crippen molar-refractivity contribution in [1.82, 2.24) is 24.9 Å². The van der Waals surface area contributed by atoms with Crippen molar-refractivity contribution in [2.45, 2.75) is 19.5 Å². The number of carbonyl (C=O) groups excluding carboxylic acids is 1. The molecule has 184 valence electrons. The molecule has 5 rings (SSSR count). The van der Waals surface area contributed by atoms with Crippen LogP contribution in [0.2, 0.25) is 0 Å². The predicted octanol–water partition coefficient (Wildman–Crippen LogP) is 4.20. The fraction of sp³-hybridized carbons (Fsp3) is 0.267. The molecule has 1 fully saturated rings. The first-order valence-corrected chi connectivity index (χ1v) is 12.6. The zero-order chi connectivity index (χ0) is 24.7. The molecule has 1 N–H and O–H groups in total. The molecule has 36 heavy (non-hydrogen) atoms. The number of rotatable bonds is 8. The summed E-state index contributed by atoms with van der Waals surface area (Å²) in [6.07, 6.45) is 0. The van der Waals surface area contributed by atoms with Crippen LogP contribution in [0.4, 0.5) is 0 Å². The van der Waals surface area contributed by atoms with E-state index in [-0.39, 0.29) is 11.9 Å². The van der Waals surface area contributed by atoms with E-state index in [4.69, 9.17) is 0 Å². The van der Waals surface area contributed by atoms with Crippen molar-refractivity contribution in [2.24, 2.45) is 0 Å². The van der Waals surface area contributed by atoms with Crippen LogP contribution in [0.5, 0.6) is 0 Å². The lowest BCUT2D eigenvalue weighted by Crippen LogP contribution is -2.50. The number of nitrogens with zero attached hydrogens (tertiary/aromatic N) is 4. The minimum Gasteiger partial charge on any atom is -0.349 e. The standard InChI is InChI=1S/C30H33N5O/c1-24-21-27(32-35(24)28-15-9-4-10-16-28)22-31-29(36)23-33-17-19-34(20-18-33)30(25-11-5-2-6-12-25)26-13-7-3-8-14-26/h2-16,21,30H,17-20,22-23H2,1H3,(H,31,36). The Kier molecular flexibility index (Phi) is 7.55. The number of nitrogens with one attached hydrogen (secondary N) is 1. The number of hydrogen-bond acceptors (Lipinski definition) is 4. The molecular weight excluding hydrogens is 446 g/mol. The Bertz CT molecular complexity index is 1210. The Balaban J connectivity index is 1.15. The van der Waals surface area contributed by atoms with Crippen molar-refractivity contribution >= 4 is 5.91 Å². The van der Waals surface area contributed by atoms with Crippen molar-refractivity contribution in [3.8, 4) is 5.69 Å². The van der Waals surface area contributed by atoms with Crippen molar-refractivity contribution in [1.29, 1.82) is 0 Å². The third-order valence-electron chi connectivity index (χ3n) is 6.78. The van der Waals surface area contributed by atoms with Gasteiger partial charge in [0.05, 0.1) is 30.5 Å². The van der Waals surface area contributed by atoms with Gasteiger partial charge in [-0.3, -0.25) is 14.6 Å². The highest BCUT2D eigenvalue weighted by atomic mass is 16.2. The molecule has 0 aliphatic carbocycles. The van der Waals surface area contributed by atoms with E-state index in [0.717, 1.165) is 43.3 Å². The maximum Gasteiger partial charge on any atom is 0.234 e. The molecule has 1 aromatic heterocycles. The summed E-state index contributed by atoms with van der Waals surface area (Å²) in [4.78, 5) is 17.5. The molecule has 0 spiro atoms. The SMILES string of the molecule is Cc1cc(CNC(=O)CN2CCN(C(c3ccccc3)c3ccccc3)CC2)nn1-c1ccccc1. The molecule has 0 radical (unpaired) electrons. The Morgan fingerprint density at radius 2 is 1.39 bits per heavy atom. The molecular formula is C30H33N5O. The lowest BCUT2D eigenvalue weighted by atomic mass is 9.96. The van der Waals surface area contributed by atoms with E-state index in [1.807, 2.05) is 48.0 Å². The molecule has 1 saturated heterocycles. The van der Waals surface area contributed by atoms with Crippen LogP contribution in [-0.4, -0.2) is 58.2 Å². The molecule has 0 bridgehead atoms. The number of hydrogen-bond donors (Lipinski definition) is 1. The highest BCUT2D eigenvalue weighted by Crippen LogP contribution is 2.29. The molecule has 1 amide bonds. The van der Waals surface area contributed by atoms with Gasteiger partial charge in [0, 0.05) is 31.9 Å². The molecule has 6 nitrogen and oxygen atoms in total. The number of aromatic nitrogens is 2. The van der Waals surface area contributed by atoms with Crippen LogP contribution in [0, 0.1) is 6.92 Å². The molecule has 3 aromatic carbocycles. The van der Waals surface area contributed by atoms with Gasteiger partial charge in [0.1, 0.15) is 0 Å². The quantitative estimate of drug-likeness (QED) is 0.412. The van der Waals surface area contributed by atoms with Gasteiger partial charge in [-0.05, 0) is 36.2 Å². The van der Waals surface area contributed by atoms with Crippen molar-refractivity contribution < 1.29 is 4.79 Å². The van der Waals surface area contributed by atoms with Crippen LogP contribution in [0.25, 0.3) is 5.69 Å². The maximum atomic E-state index is 12.7. The van der Waals surface area contributed by atoms with Crippen molar-refractivity contribution in [2.75, 3.05) is 32.7 Å². The normalized spacial score (nSPS) is 14.7. The van der Waals surface area contributed by atoms with Crippen LogP contribution in [0.1, 0.15) is 28.6 Å². The van der Waals surface area contributed by atoms with Gasteiger partial charge in [-0.15, -0.1) is 0 Å². The Morgan fingerprint density at radius 3 is 1.97 bits per heavy atom. The first kappa shape index (κ1) is 24.0. The molecule has 0 atom stereocenters. The van der Waals surface area contributed by atoms with Crippen molar-refractivity contribution in [3.05, 3.63) is 120 Å². The second kappa shape index (κ2) is 11.3. The zero-order valence-corrected chi connectivity index (χ0v) is 20.8. The smallest absolute Gasteiger partial charge is 0.234 e. The fourth-order valence-electron chi connectivity index (χ4n) is 4.97. The number of benzene rings is 3. The zero-order valence-electron chi connectivity index (χ0n) is 20.8. The van der Waals surface area contributed by atoms with E-state index < -0.39 is 0 Å². The largest absolute Gasteiger partial charge is 0.349 e. The third-order valence-corrected chi connectivity index (χ3v) is 6.78. The Labute approximate surface area is 213 Å². The van der Waals surface area contributed by atoms with Crippen LogP contribution in [-0.2, 0) is 11.3 Å². The van der Waals surface area contributed by atoms with Crippen LogP contribution in [0.3, 0.4) is 0 Å². The van der Waals surface area contributed by atoms with E-state index in [2.05, 4.69) is 80.9 Å². The summed E-state index contributed by atoms with van der Waals surface area (Å²) in [6.45, 7) is 6.45. The minimum atomic E-state index is 0.0398. The number of piperazine rings is 1. The highest BCUT2D eigenvalue weighted by molar-refractivity contribution is 5.78. The summed E-state index contributed by atoms with van der Waals surface area (Å²) in [6, 6.07) is 33.7. The molecule has 2 heterocycles. The predicted molar refractivity (Wildman–Crippen MR) is 143 cm³/mol. The number of amides is 1. The molecule has 0 saturated carbocycles. The van der Waals surface area contributed by atoms with Gasteiger partial charge in [-0.25, -0.2) is 4.68 Å². The lowest BCUT2D eigenvalue weighted by Gasteiger charge is -2.39. The lowest BCUT2D eigenvalue weighted by molar-refractivity contribution is -0.122. The summed E-state index contributed by atoms with van der Waals surface area (Å²) >= 11 is 0. The number of aryl methyl sites for hydroxylation is 1. The Hall–Kier alpha value is -3.74. The molecule has 0 unspecified atom stereocenters. The van der Waals surface area contributed by atoms with Crippen LogP contribution < -0.4 is 5.32 Å². The molecule has 6 heteroatoms. The minimum absolute atomic E-state index is 0.0398. The van der Waals surface area contributed by atoms with E-state index in [9.17, 15) is 4.79 Å². The van der Waals surface area contributed by atoms with Gasteiger partial charge in [0.25, 0.3) is 0 Å². The summed E-state index contributed by atoms with van der Waals surface area (Å²) in [5, 5.41) is 7.72. The molecule has 1 aliphatic heterocycles. The average Bonchev–Trinajstić information content (AvgIpc) is 3.31. The molecule has 1 aliphatic rings. The summed E-state index contributed by atoms with van der Waals surface area (Å²) < 4.78 is 1.91. The monoisotopic (exact) mass is 479 g/mol. The second-order valence-corrected chi connectivity index (χ2v) is 9.34. The van der Waals surface area contributed by atoms with Gasteiger partial charge in [-0.1, -0.05) is 78.9 Å². The van der Waals surface area contributed by atoms with Crippen LogP contribution >= 0.6 is 0 Å². The fourth-order valence-corrected chi connectivity index (χ4v) is 4.97. The van der Waals surface area contributed by atoms with E-state index in [1.54, 1.807) is 0 Å². The van der Waals surface area contributed by atoms with E-state index >= 15 is 0 Å². The van der Waals surface area contributed by atoms with E-state index in [0.29, 0.717) is 13.1 Å². The number of carbonyl (C=O) groups is 1. The summed E-state index contributed by atoms with van der Waals surface area (Å²) in [5.74, 6) is 0.0398. The first-order chi connectivity index (χ1) is 17.7. The average molecular weight is 480 g/mol. The number of para-hydroxylation sites is 1. The van der Waals surface area contributed by atoms with E-state index in [1.165, 1.54) is 11.1 Å². The summed E-state index contributed by atoms with van der Waals surface area (Å²) in [5.41, 5.74) is 5.55. The molecule has 4 aromatic rings. The topological polar surface area (TPSA) is 53.4 Å². The highest BCUT2D eigenvalue weighted by Gasteiger charge is 2.27. The van der Waals surface area contributed by atoms with Gasteiger partial charge >= 0.3 is 0 Å².